The molecule has 3 aromatic carbocycles. The number of carboxylic acids is 1. The molecule has 0 bridgehead atoms. The summed E-state index contributed by atoms with van der Waals surface area (Å²) in [4.78, 5) is 42.7. The predicted molar refractivity (Wildman–Crippen MR) is 138 cm³/mol. The van der Waals surface area contributed by atoms with Gasteiger partial charge < -0.3 is 10.0 Å². The van der Waals surface area contributed by atoms with Crippen molar-refractivity contribution in [2.24, 2.45) is 11.8 Å². The van der Waals surface area contributed by atoms with Gasteiger partial charge in [0.25, 0.3) is 0 Å². The van der Waals surface area contributed by atoms with E-state index < -0.39 is 29.9 Å². The number of benzene rings is 3. The summed E-state index contributed by atoms with van der Waals surface area (Å²) >= 11 is 0. The van der Waals surface area contributed by atoms with Crippen LogP contribution in [0.5, 0.6) is 0 Å². The third kappa shape index (κ3) is 4.53. The molecule has 4 unspecified atom stereocenters. The van der Waals surface area contributed by atoms with Gasteiger partial charge in [0.05, 0.1) is 23.6 Å². The number of amides is 1. The standard InChI is InChI=1S/C31H28N2O4/c32-19-20-15-17-22(18-16-20)27-26(29(34)23-11-5-2-6-12-23)25(21-9-3-1-4-10-21)28(31(36)37)33(27)30(35)24-13-7-8-14-24/h1-6,9-12,15-18,24-28H,7-8,13-14H2,(H,36,37). The Kier molecular flexibility index (Phi) is 6.87. The lowest BCUT2D eigenvalue weighted by atomic mass is 9.76. The van der Waals surface area contributed by atoms with Crippen molar-refractivity contribution in [3.05, 3.63) is 107 Å². The number of aliphatic carboxylic acids is 1. The number of hydrogen-bond acceptors (Lipinski definition) is 4. The average Bonchev–Trinajstić information content (AvgIpc) is 3.60. The summed E-state index contributed by atoms with van der Waals surface area (Å²) in [5.41, 5.74) is 2.30. The molecule has 1 saturated carbocycles. The third-order valence-corrected chi connectivity index (χ3v) is 7.81. The highest BCUT2D eigenvalue weighted by Crippen LogP contribution is 2.52. The van der Waals surface area contributed by atoms with Crippen LogP contribution in [0.1, 0.15) is 64.7 Å². The van der Waals surface area contributed by atoms with E-state index in [9.17, 15) is 24.8 Å². The van der Waals surface area contributed by atoms with Crippen molar-refractivity contribution in [2.45, 2.75) is 43.7 Å². The van der Waals surface area contributed by atoms with E-state index in [1.165, 1.54) is 4.90 Å². The quantitative estimate of drug-likeness (QED) is 0.467. The SMILES string of the molecule is N#Cc1ccc(C2C(C(=O)c3ccccc3)C(c3ccccc3)C(C(=O)O)N2C(=O)C2CCCC2)cc1. The van der Waals surface area contributed by atoms with Gasteiger partial charge in [0, 0.05) is 17.4 Å². The van der Waals surface area contributed by atoms with Gasteiger partial charge >= 0.3 is 5.97 Å². The molecule has 5 rings (SSSR count). The summed E-state index contributed by atoms with van der Waals surface area (Å²) in [5, 5.41) is 19.9. The van der Waals surface area contributed by atoms with Crippen molar-refractivity contribution in [1.82, 2.24) is 4.90 Å². The van der Waals surface area contributed by atoms with Crippen molar-refractivity contribution in [2.75, 3.05) is 0 Å². The topological polar surface area (TPSA) is 98.5 Å². The molecule has 0 spiro atoms. The van der Waals surface area contributed by atoms with Crippen molar-refractivity contribution in [1.29, 1.82) is 5.26 Å². The average molecular weight is 493 g/mol. The predicted octanol–water partition coefficient (Wildman–Crippen LogP) is 5.37. The number of Topliss-reactive ketones (excluding diaryl/α,β-unsaturated/α-hetero) is 1. The van der Waals surface area contributed by atoms with E-state index in [0.717, 1.165) is 25.7 Å². The van der Waals surface area contributed by atoms with E-state index in [4.69, 9.17) is 0 Å². The van der Waals surface area contributed by atoms with Gasteiger partial charge in [-0.15, -0.1) is 0 Å². The number of likely N-dealkylation sites (tertiary alicyclic amines) is 1. The Morgan fingerprint density at radius 2 is 1.41 bits per heavy atom. The lowest BCUT2D eigenvalue weighted by Crippen LogP contribution is -2.46. The van der Waals surface area contributed by atoms with Crippen LogP contribution in [0.3, 0.4) is 0 Å². The Bertz CT molecular complexity index is 1330. The molecule has 3 aromatic rings. The summed E-state index contributed by atoms with van der Waals surface area (Å²) < 4.78 is 0. The molecule has 4 atom stereocenters. The lowest BCUT2D eigenvalue weighted by Gasteiger charge is -2.32. The van der Waals surface area contributed by atoms with Gasteiger partial charge in [0.2, 0.25) is 5.91 Å². The van der Waals surface area contributed by atoms with Crippen LogP contribution in [0.25, 0.3) is 0 Å². The van der Waals surface area contributed by atoms with Crippen LogP contribution in [0.4, 0.5) is 0 Å². The maximum Gasteiger partial charge on any atom is 0.327 e. The van der Waals surface area contributed by atoms with E-state index in [0.29, 0.717) is 22.3 Å². The minimum Gasteiger partial charge on any atom is -0.480 e. The fourth-order valence-corrected chi connectivity index (χ4v) is 6.13. The van der Waals surface area contributed by atoms with Gasteiger partial charge in [-0.05, 0) is 36.1 Å². The van der Waals surface area contributed by atoms with E-state index >= 15 is 0 Å². The van der Waals surface area contributed by atoms with Gasteiger partial charge in [-0.25, -0.2) is 4.79 Å². The molecule has 6 nitrogen and oxygen atoms in total. The number of nitrogens with zero attached hydrogens (tertiary/aromatic N) is 2. The molecule has 0 aromatic heterocycles. The molecule has 6 heteroatoms. The van der Waals surface area contributed by atoms with Gasteiger partial charge in [0.1, 0.15) is 6.04 Å². The smallest absolute Gasteiger partial charge is 0.327 e. The molecule has 2 fully saturated rings. The molecule has 1 amide bonds. The number of hydrogen-bond donors (Lipinski definition) is 1. The minimum atomic E-state index is -1.20. The van der Waals surface area contributed by atoms with Gasteiger partial charge in [-0.3, -0.25) is 9.59 Å². The zero-order valence-electron chi connectivity index (χ0n) is 20.4. The third-order valence-electron chi connectivity index (χ3n) is 7.81. The molecule has 1 saturated heterocycles. The summed E-state index contributed by atoms with van der Waals surface area (Å²) in [6.45, 7) is 0. The highest BCUT2D eigenvalue weighted by molar-refractivity contribution is 6.01. The van der Waals surface area contributed by atoms with Gasteiger partial charge in [-0.1, -0.05) is 85.6 Å². The lowest BCUT2D eigenvalue weighted by molar-refractivity contribution is -0.152. The van der Waals surface area contributed by atoms with Crippen molar-refractivity contribution >= 4 is 17.7 Å². The summed E-state index contributed by atoms with van der Waals surface area (Å²) in [5.74, 6) is -3.34. The number of ketones is 1. The van der Waals surface area contributed by atoms with Gasteiger partial charge in [0.15, 0.2) is 5.78 Å². The van der Waals surface area contributed by atoms with Crippen molar-refractivity contribution in [3.63, 3.8) is 0 Å². The molecule has 37 heavy (non-hydrogen) atoms. The fraction of sp³-hybridized carbons (Fsp3) is 0.290. The zero-order valence-corrected chi connectivity index (χ0v) is 20.4. The molecule has 2 aliphatic rings. The van der Waals surface area contributed by atoms with Gasteiger partial charge in [-0.2, -0.15) is 5.26 Å². The van der Waals surface area contributed by atoms with Crippen molar-refractivity contribution in [3.8, 4) is 6.07 Å². The van der Waals surface area contributed by atoms with Crippen LogP contribution in [-0.4, -0.2) is 33.7 Å². The Morgan fingerprint density at radius 3 is 1.97 bits per heavy atom. The Balaban J connectivity index is 1.73. The molecule has 1 N–H and O–H groups in total. The Morgan fingerprint density at radius 1 is 0.811 bits per heavy atom. The summed E-state index contributed by atoms with van der Waals surface area (Å²) in [7, 11) is 0. The van der Waals surface area contributed by atoms with E-state index in [2.05, 4.69) is 6.07 Å². The fourth-order valence-electron chi connectivity index (χ4n) is 6.13. The highest BCUT2D eigenvalue weighted by Gasteiger charge is 2.58. The van der Waals surface area contributed by atoms with E-state index in [1.807, 2.05) is 36.4 Å². The highest BCUT2D eigenvalue weighted by atomic mass is 16.4. The number of carboxylic acid groups (broad SMARTS) is 1. The monoisotopic (exact) mass is 492 g/mol. The molecule has 0 radical (unpaired) electrons. The van der Waals surface area contributed by atoms with Crippen LogP contribution in [0.2, 0.25) is 0 Å². The second-order valence-corrected chi connectivity index (χ2v) is 9.88. The van der Waals surface area contributed by atoms with E-state index in [-0.39, 0.29) is 17.6 Å². The maximum absolute atomic E-state index is 14.2. The first kappa shape index (κ1) is 24.5. The Labute approximate surface area is 216 Å². The van der Waals surface area contributed by atoms with Crippen LogP contribution in [0, 0.1) is 23.2 Å². The van der Waals surface area contributed by atoms with Crippen LogP contribution in [-0.2, 0) is 9.59 Å². The minimum absolute atomic E-state index is 0.197. The van der Waals surface area contributed by atoms with Crippen molar-refractivity contribution < 1.29 is 19.5 Å². The summed E-state index contributed by atoms with van der Waals surface area (Å²) in [6, 6.07) is 25.0. The second-order valence-electron chi connectivity index (χ2n) is 9.88. The summed E-state index contributed by atoms with van der Waals surface area (Å²) in [6.07, 6.45) is 3.29. The van der Waals surface area contributed by atoms with Crippen LogP contribution < -0.4 is 0 Å². The molecule has 1 aliphatic heterocycles. The molecule has 1 aliphatic carbocycles. The first-order valence-corrected chi connectivity index (χ1v) is 12.7. The normalized spacial score (nSPS) is 23.5. The van der Waals surface area contributed by atoms with Crippen LogP contribution in [0.15, 0.2) is 84.9 Å². The second kappa shape index (κ2) is 10.4. The molecule has 186 valence electrons. The maximum atomic E-state index is 14.2. The molecule has 1 heterocycles. The largest absolute Gasteiger partial charge is 0.480 e. The van der Waals surface area contributed by atoms with E-state index in [1.54, 1.807) is 48.5 Å². The number of carbonyl (C=O) groups is 3. The first-order valence-electron chi connectivity index (χ1n) is 12.7. The number of nitriles is 1. The zero-order chi connectivity index (χ0) is 25.9. The number of carbonyl (C=O) groups excluding carboxylic acids is 2. The molecular formula is C31H28N2O4. The molecular weight excluding hydrogens is 464 g/mol. The Hall–Kier alpha value is -4.24. The first-order chi connectivity index (χ1) is 18.0. The van der Waals surface area contributed by atoms with Crippen LogP contribution >= 0.6 is 0 Å². The number of rotatable bonds is 6.